The Morgan fingerprint density at radius 2 is 1.72 bits per heavy atom. The van der Waals surface area contributed by atoms with E-state index in [-0.39, 0.29) is 22.9 Å². The van der Waals surface area contributed by atoms with Gasteiger partial charge in [-0.2, -0.15) is 0 Å². The Kier molecular flexibility index (Phi) is 9.95. The number of amides is 2. The minimum atomic E-state index is -1.75. The van der Waals surface area contributed by atoms with Crippen LogP contribution in [0.25, 0.3) is 0 Å². The molecule has 0 unspecified atom stereocenters. The molecule has 11 atom stereocenters. The van der Waals surface area contributed by atoms with E-state index in [0.717, 1.165) is 0 Å². The van der Waals surface area contributed by atoms with E-state index in [1.807, 2.05) is 18.2 Å². The number of fused-ring (bicyclic) bond motifs is 1. The molecule has 0 saturated carbocycles. The first-order valence-electron chi connectivity index (χ1n) is 13.6. The molecule has 15 heteroatoms. The molecule has 0 radical (unpaired) electrons. The Hall–Kier alpha value is -2.73. The average Bonchev–Trinajstić information content (AvgIpc) is 3.00. The largest absolute Gasteiger partial charge is 0.394 e. The van der Waals surface area contributed by atoms with Crippen LogP contribution in [0.5, 0.6) is 0 Å². The average molecular weight is 625 g/mol. The molecule has 3 fully saturated rings. The minimum Gasteiger partial charge on any atom is -0.394 e. The fourth-order valence-electron chi connectivity index (χ4n) is 5.16. The van der Waals surface area contributed by atoms with E-state index in [2.05, 4.69) is 10.6 Å². The van der Waals surface area contributed by atoms with Crippen molar-refractivity contribution < 1.29 is 58.8 Å². The van der Waals surface area contributed by atoms with Gasteiger partial charge in [-0.3, -0.25) is 9.59 Å². The molecule has 2 aromatic carbocycles. The van der Waals surface area contributed by atoms with Crippen LogP contribution in [0.2, 0.25) is 5.02 Å². The van der Waals surface area contributed by atoms with E-state index < -0.39 is 86.1 Å². The summed E-state index contributed by atoms with van der Waals surface area (Å²) in [7, 11) is 0. The van der Waals surface area contributed by atoms with Crippen LogP contribution in [-0.2, 0) is 28.5 Å². The fraction of sp³-hybridized carbons (Fsp3) is 0.500. The number of halogens is 1. The lowest BCUT2D eigenvalue weighted by molar-refractivity contribution is -0.379. The maximum Gasteiger partial charge on any atom is 0.253 e. The lowest BCUT2D eigenvalue weighted by Gasteiger charge is -2.48. The first kappa shape index (κ1) is 31.7. The van der Waals surface area contributed by atoms with Crippen LogP contribution in [0.3, 0.4) is 0 Å². The zero-order chi connectivity index (χ0) is 30.8. The molecule has 3 saturated heterocycles. The van der Waals surface area contributed by atoms with Gasteiger partial charge in [-0.05, 0) is 18.2 Å². The number of carbonyl (C=O) groups excluding carboxylic acids is 2. The normalized spacial score (nSPS) is 35.9. The highest BCUT2D eigenvalue weighted by Crippen LogP contribution is 2.36. The number of aliphatic hydroxyl groups is 5. The number of nitrogens with one attached hydrogen (secondary N) is 2. The van der Waals surface area contributed by atoms with Gasteiger partial charge in [-0.25, -0.2) is 0 Å². The van der Waals surface area contributed by atoms with Gasteiger partial charge in [0.1, 0.15) is 48.8 Å². The third kappa shape index (κ3) is 6.84. The number of benzene rings is 2. The van der Waals surface area contributed by atoms with E-state index in [9.17, 15) is 35.1 Å². The maximum atomic E-state index is 12.9. The molecule has 14 nitrogen and oxygen atoms in total. The van der Waals surface area contributed by atoms with Gasteiger partial charge in [0, 0.05) is 18.1 Å². The molecule has 2 aromatic rings. The zero-order valence-corrected chi connectivity index (χ0v) is 23.6. The quantitative estimate of drug-likeness (QED) is 0.206. The first-order valence-corrected chi connectivity index (χ1v) is 13.9. The summed E-state index contributed by atoms with van der Waals surface area (Å²) in [6.07, 6.45) is -14.9. The van der Waals surface area contributed by atoms with Crippen LogP contribution < -0.4 is 10.6 Å². The van der Waals surface area contributed by atoms with E-state index >= 15 is 0 Å². The summed E-state index contributed by atoms with van der Waals surface area (Å²) in [5, 5.41) is 58.5. The molecule has 0 spiro atoms. The third-order valence-electron chi connectivity index (χ3n) is 7.37. The lowest BCUT2D eigenvalue weighted by Crippen LogP contribution is -2.67. The molecule has 0 aliphatic carbocycles. The van der Waals surface area contributed by atoms with Crippen molar-refractivity contribution in [3.8, 4) is 0 Å². The van der Waals surface area contributed by atoms with Gasteiger partial charge in [0.15, 0.2) is 18.8 Å². The Balaban J connectivity index is 1.23. The van der Waals surface area contributed by atoms with E-state index in [1.165, 1.54) is 25.1 Å². The van der Waals surface area contributed by atoms with Crippen molar-refractivity contribution in [3.05, 3.63) is 64.7 Å². The van der Waals surface area contributed by atoms with Crippen LogP contribution in [0, 0.1) is 0 Å². The number of hydrogen-bond donors (Lipinski definition) is 7. The zero-order valence-electron chi connectivity index (χ0n) is 22.9. The van der Waals surface area contributed by atoms with Gasteiger partial charge >= 0.3 is 0 Å². The number of anilines is 1. The molecule has 43 heavy (non-hydrogen) atoms. The molecular formula is C28H33ClN2O12. The second-order valence-corrected chi connectivity index (χ2v) is 10.8. The van der Waals surface area contributed by atoms with Gasteiger partial charge in [0.25, 0.3) is 5.91 Å². The van der Waals surface area contributed by atoms with Gasteiger partial charge < -0.3 is 59.9 Å². The van der Waals surface area contributed by atoms with Gasteiger partial charge in [0.2, 0.25) is 5.91 Å². The summed E-state index contributed by atoms with van der Waals surface area (Å²) < 4.78 is 28.8. The second-order valence-electron chi connectivity index (χ2n) is 10.4. The van der Waals surface area contributed by atoms with Crippen LogP contribution in [0.15, 0.2) is 48.5 Å². The van der Waals surface area contributed by atoms with E-state index in [1.54, 1.807) is 12.1 Å². The van der Waals surface area contributed by atoms with Gasteiger partial charge in [-0.1, -0.05) is 41.9 Å². The Labute approximate surface area is 251 Å². The molecule has 7 N–H and O–H groups in total. The summed E-state index contributed by atoms with van der Waals surface area (Å²) in [5.74, 6) is -1.14. The highest BCUT2D eigenvalue weighted by Gasteiger charge is 2.53. The Morgan fingerprint density at radius 1 is 0.977 bits per heavy atom. The molecule has 0 bridgehead atoms. The number of hydrogen-bond acceptors (Lipinski definition) is 12. The molecule has 5 rings (SSSR count). The molecule has 234 valence electrons. The number of ether oxygens (including phenoxy) is 5. The summed E-state index contributed by atoms with van der Waals surface area (Å²) in [4.78, 5) is 24.3. The Bertz CT molecular complexity index is 1280. The van der Waals surface area contributed by atoms with Crippen molar-refractivity contribution in [2.45, 2.75) is 74.6 Å². The number of carbonyl (C=O) groups is 2. The van der Waals surface area contributed by atoms with Crippen molar-refractivity contribution in [2.75, 3.05) is 18.5 Å². The SMILES string of the molecule is CC(=O)Nc1cc(C(=O)N[C@@H]2O[C@H](CO)[C@@H](O[C@H]3O[C@@H]4CO[C@H](c5ccccc5)O[C@H]4[C@H](O)[C@H]3O)[C@H](O)[C@H]2O)ccc1Cl. The van der Waals surface area contributed by atoms with Crippen LogP contribution >= 0.6 is 11.6 Å². The molecule has 0 aromatic heterocycles. The predicted octanol–water partition coefficient (Wildman–Crippen LogP) is -0.587. The molecule has 2 amide bonds. The summed E-state index contributed by atoms with van der Waals surface area (Å²) >= 11 is 6.06. The summed E-state index contributed by atoms with van der Waals surface area (Å²) in [5.41, 5.74) is 0.966. The first-order chi connectivity index (χ1) is 20.6. The molecule has 3 heterocycles. The van der Waals surface area contributed by atoms with Crippen molar-refractivity contribution in [2.24, 2.45) is 0 Å². The Morgan fingerprint density at radius 3 is 2.42 bits per heavy atom. The van der Waals surface area contributed by atoms with E-state index in [0.29, 0.717) is 5.56 Å². The predicted molar refractivity (Wildman–Crippen MR) is 147 cm³/mol. The standard InChI is InChI=1S/C28H33ClN2O12/c1-12(33)30-16-9-14(7-8-15(16)29)25(38)31-26-21(36)19(34)23(17(10-32)40-26)43-28-22(37)20(35)24-18(41-28)11-39-27(42-24)13-5-3-2-4-6-13/h2-9,17-24,26-28,32,34-37H,10-11H2,1H3,(H,30,33)(H,31,38)/t17-,18-,19-,20-,21-,22-,23-,24-,26-,27+,28-/m1/s1. The fourth-order valence-corrected chi connectivity index (χ4v) is 5.33. The molecular weight excluding hydrogens is 592 g/mol. The third-order valence-corrected chi connectivity index (χ3v) is 7.70. The molecule has 3 aliphatic rings. The second kappa shape index (κ2) is 13.5. The number of aliphatic hydroxyl groups excluding tert-OH is 5. The van der Waals surface area contributed by atoms with E-state index in [4.69, 9.17) is 35.3 Å². The van der Waals surface area contributed by atoms with Crippen LogP contribution in [-0.4, -0.2) is 112 Å². The lowest BCUT2D eigenvalue weighted by atomic mass is 9.96. The van der Waals surface area contributed by atoms with Crippen LogP contribution in [0.4, 0.5) is 5.69 Å². The molecule has 3 aliphatic heterocycles. The highest BCUT2D eigenvalue weighted by atomic mass is 35.5. The summed E-state index contributed by atoms with van der Waals surface area (Å²) in [6.45, 7) is 0.557. The van der Waals surface area contributed by atoms with Crippen molar-refractivity contribution in [1.82, 2.24) is 5.32 Å². The monoisotopic (exact) mass is 624 g/mol. The maximum absolute atomic E-state index is 12.9. The highest BCUT2D eigenvalue weighted by molar-refractivity contribution is 6.33. The smallest absolute Gasteiger partial charge is 0.253 e. The van der Waals surface area contributed by atoms with Gasteiger partial charge in [0.05, 0.1) is 23.9 Å². The van der Waals surface area contributed by atoms with Crippen molar-refractivity contribution in [3.63, 3.8) is 0 Å². The topological polar surface area (TPSA) is 206 Å². The minimum absolute atomic E-state index is 0.00784. The van der Waals surface area contributed by atoms with Crippen LogP contribution in [0.1, 0.15) is 29.1 Å². The number of rotatable bonds is 7. The summed E-state index contributed by atoms with van der Waals surface area (Å²) in [6, 6.07) is 13.1. The van der Waals surface area contributed by atoms with Crippen molar-refractivity contribution >= 4 is 29.1 Å². The van der Waals surface area contributed by atoms with Crippen molar-refractivity contribution in [1.29, 1.82) is 0 Å². The van der Waals surface area contributed by atoms with Gasteiger partial charge in [-0.15, -0.1) is 0 Å².